The van der Waals surface area contributed by atoms with E-state index in [2.05, 4.69) is 56.4 Å². The van der Waals surface area contributed by atoms with Crippen LogP contribution in [0.1, 0.15) is 64.4 Å². The van der Waals surface area contributed by atoms with Crippen molar-refractivity contribution in [2.75, 3.05) is 159 Å². The van der Waals surface area contributed by atoms with Crippen LogP contribution in [0.4, 0.5) is 0 Å². The minimum absolute atomic E-state index is 0.000253. The highest BCUT2D eigenvalue weighted by Crippen LogP contribution is 2.12. The lowest BCUT2D eigenvalue weighted by Crippen LogP contribution is -2.52. The molecule has 1 aromatic carbocycles. The molecule has 25 heteroatoms. The Morgan fingerprint density at radius 2 is 0.920 bits per heavy atom. The molecule has 0 fully saturated rings. The second-order valence-corrected chi connectivity index (χ2v) is 16.6. The Kier molecular flexibility index (Phi) is 43.5. The Bertz CT molecular complexity index is 1700. The standard InChI is InChI=1S/C50H86N8O17/c1-4-40(5-2)33-44(60)52-15-11-7-10-14-43(59)53-16-17-67-18-19-68-20-21-69-22-23-70-24-25-71-26-27-72-28-29-73-30-31-74-38-49(65)55-34-45(61)54-36-47(63)58-42(32-41-12-8-6-9-13-41)50(66)56-35-46(62)57-39-75-37-48(64)51-3/h6,8-9,12-13,40,42H,4-5,7,10-11,14-39H2,1-3H3,(H,51,64)(H,52,60)(H,53,59)(H,54,61)(H,55,65)(H,56,66)(H,57,62)(H,58,63)/t42-/m0/s1. The third-order valence-electron chi connectivity index (χ3n) is 10.6. The molecule has 0 aliphatic rings. The number of ether oxygens (including phenoxy) is 9. The van der Waals surface area contributed by atoms with E-state index in [4.69, 9.17) is 42.6 Å². The molecule has 8 amide bonds. The molecule has 0 aromatic heterocycles. The third-order valence-corrected chi connectivity index (χ3v) is 10.6. The van der Waals surface area contributed by atoms with Crippen molar-refractivity contribution in [3.63, 3.8) is 0 Å². The fourth-order valence-corrected chi connectivity index (χ4v) is 6.26. The first-order valence-electron chi connectivity index (χ1n) is 25.8. The summed E-state index contributed by atoms with van der Waals surface area (Å²) in [6.45, 7) is 8.74. The van der Waals surface area contributed by atoms with Crippen molar-refractivity contribution in [3.8, 4) is 0 Å². The highest BCUT2D eigenvalue weighted by molar-refractivity contribution is 5.93. The Balaban J connectivity index is 1.92. The second kappa shape index (κ2) is 48.3. The molecule has 0 unspecified atom stereocenters. The van der Waals surface area contributed by atoms with Crippen LogP contribution in [0, 0.1) is 5.92 Å². The van der Waals surface area contributed by atoms with E-state index >= 15 is 0 Å². The molecular weight excluding hydrogens is 985 g/mol. The zero-order valence-corrected chi connectivity index (χ0v) is 44.4. The maximum absolute atomic E-state index is 12.9. The molecule has 0 aliphatic heterocycles. The molecule has 25 nitrogen and oxygen atoms in total. The summed E-state index contributed by atoms with van der Waals surface area (Å²) in [7, 11) is 1.44. The molecule has 0 saturated carbocycles. The summed E-state index contributed by atoms with van der Waals surface area (Å²) in [5, 5.41) is 20.3. The van der Waals surface area contributed by atoms with E-state index in [-0.39, 0.29) is 57.3 Å². The molecular formula is C50H86N8O17. The predicted octanol–water partition coefficient (Wildman–Crippen LogP) is -1.35. The molecule has 1 atom stereocenters. The zero-order chi connectivity index (χ0) is 54.8. The van der Waals surface area contributed by atoms with Gasteiger partial charge in [0.15, 0.2) is 0 Å². The molecule has 0 spiro atoms. The smallest absolute Gasteiger partial charge is 0.246 e. The van der Waals surface area contributed by atoms with Gasteiger partial charge in [0.2, 0.25) is 47.3 Å². The van der Waals surface area contributed by atoms with Gasteiger partial charge in [-0.2, -0.15) is 0 Å². The molecule has 0 saturated heterocycles. The van der Waals surface area contributed by atoms with Crippen LogP contribution in [0.5, 0.6) is 0 Å². The van der Waals surface area contributed by atoms with Gasteiger partial charge in [0.1, 0.15) is 26.0 Å². The van der Waals surface area contributed by atoms with Crippen molar-refractivity contribution in [1.82, 2.24) is 42.5 Å². The Labute approximate surface area is 441 Å². The van der Waals surface area contributed by atoms with Crippen molar-refractivity contribution in [2.45, 2.75) is 71.3 Å². The number of likely N-dealkylation sites (N-methyl/N-ethyl adjacent to an activating group) is 1. The van der Waals surface area contributed by atoms with E-state index in [1.54, 1.807) is 30.3 Å². The summed E-state index contributed by atoms with van der Waals surface area (Å²) in [5.74, 6) is -2.92. The van der Waals surface area contributed by atoms with E-state index in [1.807, 2.05) is 0 Å². The van der Waals surface area contributed by atoms with Crippen LogP contribution in [0.25, 0.3) is 0 Å². The molecule has 0 radical (unpaired) electrons. The fourth-order valence-electron chi connectivity index (χ4n) is 6.26. The minimum Gasteiger partial charge on any atom is -0.377 e. The largest absolute Gasteiger partial charge is 0.377 e. The van der Waals surface area contributed by atoms with Gasteiger partial charge >= 0.3 is 0 Å². The maximum Gasteiger partial charge on any atom is 0.246 e. The first-order chi connectivity index (χ1) is 36.5. The summed E-state index contributed by atoms with van der Waals surface area (Å²) in [4.78, 5) is 97.2. The molecule has 75 heavy (non-hydrogen) atoms. The second-order valence-electron chi connectivity index (χ2n) is 16.6. The van der Waals surface area contributed by atoms with Crippen molar-refractivity contribution in [1.29, 1.82) is 0 Å². The normalized spacial score (nSPS) is 11.4. The number of hydrogen-bond donors (Lipinski definition) is 8. The van der Waals surface area contributed by atoms with E-state index in [0.29, 0.717) is 118 Å². The molecule has 1 rings (SSSR count). The SMILES string of the molecule is CCC(CC)CC(=O)NCCCCCC(=O)NCCOCCOCCOCCOCCOCCOCCOCCOCC(=O)NCC(=O)NCC(=O)N[C@@H](Cc1ccccc1)C(=O)NCC(=O)NCOCC(=O)NC. The van der Waals surface area contributed by atoms with Gasteiger partial charge < -0.3 is 85.2 Å². The van der Waals surface area contributed by atoms with Crippen LogP contribution in [0.2, 0.25) is 0 Å². The number of hydrogen-bond acceptors (Lipinski definition) is 17. The van der Waals surface area contributed by atoms with Crippen LogP contribution in [0.15, 0.2) is 30.3 Å². The number of carbonyl (C=O) groups excluding carboxylic acids is 8. The predicted molar refractivity (Wildman–Crippen MR) is 274 cm³/mol. The number of nitrogens with one attached hydrogen (secondary N) is 8. The van der Waals surface area contributed by atoms with Crippen LogP contribution < -0.4 is 42.5 Å². The molecule has 0 heterocycles. The number of unbranched alkanes of at least 4 members (excludes halogenated alkanes) is 2. The zero-order valence-electron chi connectivity index (χ0n) is 44.4. The lowest BCUT2D eigenvalue weighted by atomic mass is 9.99. The van der Waals surface area contributed by atoms with E-state index in [1.165, 1.54) is 7.05 Å². The molecule has 0 bridgehead atoms. The highest BCUT2D eigenvalue weighted by atomic mass is 16.6. The summed E-state index contributed by atoms with van der Waals surface area (Å²) >= 11 is 0. The highest BCUT2D eigenvalue weighted by Gasteiger charge is 2.22. The number of amides is 8. The number of rotatable bonds is 50. The first kappa shape index (κ1) is 67.6. The van der Waals surface area contributed by atoms with Gasteiger partial charge in [0.05, 0.1) is 119 Å². The summed E-state index contributed by atoms with van der Waals surface area (Å²) in [6.07, 6.45) is 5.72. The van der Waals surface area contributed by atoms with Crippen molar-refractivity contribution in [2.24, 2.45) is 5.92 Å². The average molecular weight is 1070 g/mol. The van der Waals surface area contributed by atoms with E-state index in [0.717, 1.165) is 37.7 Å². The lowest BCUT2D eigenvalue weighted by Gasteiger charge is -2.19. The number of carbonyl (C=O) groups is 8. The van der Waals surface area contributed by atoms with Crippen molar-refractivity contribution < 1.29 is 81.0 Å². The third kappa shape index (κ3) is 42.5. The van der Waals surface area contributed by atoms with Crippen LogP contribution in [-0.4, -0.2) is 212 Å². The van der Waals surface area contributed by atoms with Gasteiger partial charge in [-0.05, 0) is 24.3 Å². The molecule has 1 aromatic rings. The van der Waals surface area contributed by atoms with E-state index in [9.17, 15) is 38.4 Å². The van der Waals surface area contributed by atoms with Crippen LogP contribution >= 0.6 is 0 Å². The monoisotopic (exact) mass is 1070 g/mol. The van der Waals surface area contributed by atoms with Gasteiger partial charge in [-0.15, -0.1) is 0 Å². The van der Waals surface area contributed by atoms with Gasteiger partial charge in [-0.3, -0.25) is 38.4 Å². The van der Waals surface area contributed by atoms with Crippen LogP contribution in [-0.2, 0) is 87.4 Å². The Hall–Kier alpha value is -5.38. The van der Waals surface area contributed by atoms with Gasteiger partial charge in [-0.25, -0.2) is 0 Å². The van der Waals surface area contributed by atoms with Gasteiger partial charge in [-0.1, -0.05) is 63.4 Å². The minimum atomic E-state index is -1.08. The molecule has 8 N–H and O–H groups in total. The average Bonchev–Trinajstić information content (AvgIpc) is 3.41. The maximum atomic E-state index is 12.9. The lowest BCUT2D eigenvalue weighted by molar-refractivity contribution is -0.132. The molecule has 0 aliphatic carbocycles. The fraction of sp³-hybridized carbons (Fsp3) is 0.720. The van der Waals surface area contributed by atoms with Crippen molar-refractivity contribution in [3.05, 3.63) is 35.9 Å². The topological polar surface area (TPSA) is 316 Å². The Morgan fingerprint density at radius 3 is 1.48 bits per heavy atom. The van der Waals surface area contributed by atoms with Gasteiger partial charge in [0, 0.05) is 39.4 Å². The molecule has 428 valence electrons. The first-order valence-corrected chi connectivity index (χ1v) is 25.8. The Morgan fingerprint density at radius 1 is 0.440 bits per heavy atom. The van der Waals surface area contributed by atoms with Crippen LogP contribution in [0.3, 0.4) is 0 Å². The van der Waals surface area contributed by atoms with E-state index < -0.39 is 55.2 Å². The van der Waals surface area contributed by atoms with Gasteiger partial charge in [0.25, 0.3) is 0 Å². The summed E-state index contributed by atoms with van der Waals surface area (Å²) in [6, 6.07) is 7.78. The number of benzene rings is 1. The summed E-state index contributed by atoms with van der Waals surface area (Å²) in [5.41, 5.74) is 0.735. The summed E-state index contributed by atoms with van der Waals surface area (Å²) < 4.78 is 48.6. The quantitative estimate of drug-likeness (QED) is 0.0276. The van der Waals surface area contributed by atoms with Crippen molar-refractivity contribution >= 4 is 47.3 Å².